The summed E-state index contributed by atoms with van der Waals surface area (Å²) >= 11 is 3.76. The van der Waals surface area contributed by atoms with Crippen LogP contribution < -0.4 is 0 Å². The fourth-order valence-electron chi connectivity index (χ4n) is 5.20. The van der Waals surface area contributed by atoms with Crippen molar-refractivity contribution < 1.29 is 4.42 Å². The summed E-state index contributed by atoms with van der Waals surface area (Å²) in [5, 5.41) is 10.4. The maximum Gasteiger partial charge on any atom is 0.144 e. The number of rotatable bonds is 0. The molecule has 0 fully saturated rings. The molecule has 3 heteroatoms. The second kappa shape index (κ2) is 5.64. The second-order valence-electron chi connectivity index (χ2n) is 8.06. The Morgan fingerprint density at radius 3 is 1.97 bits per heavy atom. The molecule has 0 bridgehead atoms. The van der Waals surface area contributed by atoms with Gasteiger partial charge >= 0.3 is 0 Å². The van der Waals surface area contributed by atoms with E-state index in [0.717, 1.165) is 11.2 Å². The summed E-state index contributed by atoms with van der Waals surface area (Å²) in [4.78, 5) is 0. The molecule has 0 spiro atoms. The molecule has 0 N–H and O–H groups in total. The van der Waals surface area contributed by atoms with Crippen molar-refractivity contribution in [3.8, 4) is 0 Å². The maximum absolute atomic E-state index is 6.52. The van der Waals surface area contributed by atoms with Gasteiger partial charge in [-0.2, -0.15) is 0 Å². The quantitative estimate of drug-likeness (QED) is 0.233. The van der Waals surface area contributed by atoms with Crippen LogP contribution in [0, 0.1) is 0 Å². The van der Waals surface area contributed by atoms with Crippen molar-refractivity contribution in [3.63, 3.8) is 0 Å². The zero-order chi connectivity index (χ0) is 20.1. The van der Waals surface area contributed by atoms with Gasteiger partial charge in [0.2, 0.25) is 0 Å². The molecule has 3 heterocycles. The lowest BCUT2D eigenvalue weighted by atomic mass is 9.96. The Balaban J connectivity index is 1.82. The Labute approximate surface area is 184 Å². The smallest absolute Gasteiger partial charge is 0.144 e. The highest BCUT2D eigenvalue weighted by Crippen LogP contribution is 2.50. The fraction of sp³-hybridized carbons (Fsp3) is 0. The van der Waals surface area contributed by atoms with Gasteiger partial charge < -0.3 is 4.42 Å². The van der Waals surface area contributed by atoms with E-state index in [1.807, 2.05) is 22.7 Å². The molecule has 0 aliphatic heterocycles. The minimum absolute atomic E-state index is 0.957. The number of para-hydroxylation sites is 1. The first-order chi connectivity index (χ1) is 15.4. The molecule has 0 unspecified atom stereocenters. The summed E-state index contributed by atoms with van der Waals surface area (Å²) in [6.07, 6.45) is 0. The van der Waals surface area contributed by atoms with Gasteiger partial charge in [-0.3, -0.25) is 0 Å². The average Bonchev–Trinajstić information content (AvgIpc) is 3.49. The van der Waals surface area contributed by atoms with Crippen LogP contribution in [-0.4, -0.2) is 0 Å². The Kier molecular flexibility index (Phi) is 2.97. The predicted molar refractivity (Wildman–Crippen MR) is 137 cm³/mol. The zero-order valence-corrected chi connectivity index (χ0v) is 17.9. The third-order valence-corrected chi connectivity index (χ3v) is 8.78. The van der Waals surface area contributed by atoms with Crippen molar-refractivity contribution in [2.24, 2.45) is 0 Å². The second-order valence-corrected chi connectivity index (χ2v) is 10.2. The number of thiophene rings is 2. The van der Waals surface area contributed by atoms with Gasteiger partial charge in [0.05, 0.1) is 0 Å². The Bertz CT molecular complexity index is 2000. The van der Waals surface area contributed by atoms with Crippen LogP contribution >= 0.6 is 22.7 Å². The molecule has 0 saturated heterocycles. The Morgan fingerprint density at radius 2 is 1.13 bits per heavy atom. The van der Waals surface area contributed by atoms with Gasteiger partial charge in [-0.05, 0) is 30.3 Å². The topological polar surface area (TPSA) is 13.1 Å². The van der Waals surface area contributed by atoms with E-state index in [4.69, 9.17) is 4.42 Å². The first-order valence-electron chi connectivity index (χ1n) is 10.4. The van der Waals surface area contributed by atoms with Gasteiger partial charge in [-0.25, -0.2) is 0 Å². The van der Waals surface area contributed by atoms with Crippen molar-refractivity contribution in [1.82, 2.24) is 0 Å². The maximum atomic E-state index is 6.52. The highest BCUT2D eigenvalue weighted by Gasteiger charge is 2.21. The predicted octanol–water partition coefficient (Wildman–Crippen LogP) is 9.47. The van der Waals surface area contributed by atoms with Crippen molar-refractivity contribution in [2.75, 3.05) is 0 Å². The highest BCUT2D eigenvalue weighted by atomic mass is 32.1. The van der Waals surface area contributed by atoms with Crippen LogP contribution in [0.1, 0.15) is 0 Å². The van der Waals surface area contributed by atoms with Crippen LogP contribution in [0.25, 0.3) is 73.1 Å². The summed E-state index contributed by atoms with van der Waals surface area (Å²) in [5.41, 5.74) is 1.96. The van der Waals surface area contributed by atoms with Crippen molar-refractivity contribution >= 4 is 95.7 Å². The van der Waals surface area contributed by atoms with E-state index in [2.05, 4.69) is 84.9 Å². The van der Waals surface area contributed by atoms with Crippen molar-refractivity contribution in [1.29, 1.82) is 0 Å². The molecule has 0 aliphatic carbocycles. The van der Waals surface area contributed by atoms with E-state index in [1.54, 1.807) is 0 Å². The summed E-state index contributed by atoms with van der Waals surface area (Å²) < 4.78 is 11.8. The zero-order valence-electron chi connectivity index (χ0n) is 16.3. The standard InChI is InChI=1S/C28H14OS2/c1-4-10-19-15(7-1)26-27(29-19)18-13-14-22-23(16-8-2-5-11-20(16)30-22)24(18)25-17-9-3-6-12-21(17)31-28(25)26/h1-14H. The van der Waals surface area contributed by atoms with Crippen LogP contribution in [0.15, 0.2) is 89.3 Å². The molecule has 144 valence electrons. The number of hydrogen-bond acceptors (Lipinski definition) is 3. The first kappa shape index (κ1) is 16.3. The molecule has 5 aromatic carbocycles. The van der Waals surface area contributed by atoms with Gasteiger partial charge in [0.15, 0.2) is 0 Å². The minimum atomic E-state index is 0.957. The van der Waals surface area contributed by atoms with Gasteiger partial charge in [-0.15, -0.1) is 22.7 Å². The van der Waals surface area contributed by atoms with E-state index >= 15 is 0 Å². The highest BCUT2D eigenvalue weighted by molar-refractivity contribution is 7.27. The summed E-state index contributed by atoms with van der Waals surface area (Å²) in [6.45, 7) is 0. The fourth-order valence-corrected chi connectivity index (χ4v) is 7.57. The molecule has 0 radical (unpaired) electrons. The van der Waals surface area contributed by atoms with Gasteiger partial charge in [0, 0.05) is 61.9 Å². The van der Waals surface area contributed by atoms with Crippen LogP contribution in [0.2, 0.25) is 0 Å². The molecule has 1 nitrogen and oxygen atoms in total. The van der Waals surface area contributed by atoms with Crippen molar-refractivity contribution in [2.45, 2.75) is 0 Å². The normalized spacial score (nSPS) is 12.5. The monoisotopic (exact) mass is 430 g/mol. The summed E-state index contributed by atoms with van der Waals surface area (Å²) in [6, 6.07) is 30.6. The molecule has 8 rings (SSSR count). The lowest BCUT2D eigenvalue weighted by Crippen LogP contribution is -1.79. The van der Waals surface area contributed by atoms with E-state index in [0.29, 0.717) is 0 Å². The lowest BCUT2D eigenvalue weighted by molar-refractivity contribution is 0.673. The number of hydrogen-bond donors (Lipinski definition) is 0. The third-order valence-electron chi connectivity index (χ3n) is 6.46. The lowest BCUT2D eigenvalue weighted by Gasteiger charge is -2.06. The summed E-state index contributed by atoms with van der Waals surface area (Å²) in [5.74, 6) is 0. The van der Waals surface area contributed by atoms with Crippen LogP contribution in [-0.2, 0) is 0 Å². The third kappa shape index (κ3) is 1.96. The van der Waals surface area contributed by atoms with Crippen LogP contribution in [0.5, 0.6) is 0 Å². The molecule has 31 heavy (non-hydrogen) atoms. The molecule has 0 saturated carbocycles. The average molecular weight is 431 g/mol. The number of furan rings is 1. The summed E-state index contributed by atoms with van der Waals surface area (Å²) in [7, 11) is 0. The molecular weight excluding hydrogens is 416 g/mol. The Hall–Kier alpha value is -3.40. The van der Waals surface area contributed by atoms with E-state index in [1.165, 1.54) is 61.9 Å². The Morgan fingerprint density at radius 1 is 0.452 bits per heavy atom. The van der Waals surface area contributed by atoms with Gasteiger partial charge in [0.1, 0.15) is 11.2 Å². The van der Waals surface area contributed by atoms with Gasteiger partial charge in [0.25, 0.3) is 0 Å². The van der Waals surface area contributed by atoms with E-state index in [9.17, 15) is 0 Å². The molecule has 0 aliphatic rings. The van der Waals surface area contributed by atoms with Crippen LogP contribution in [0.4, 0.5) is 0 Å². The molecular formula is C28H14OS2. The van der Waals surface area contributed by atoms with Crippen molar-refractivity contribution in [3.05, 3.63) is 84.9 Å². The molecule has 8 aromatic rings. The minimum Gasteiger partial charge on any atom is -0.455 e. The van der Waals surface area contributed by atoms with E-state index in [-0.39, 0.29) is 0 Å². The number of benzene rings is 5. The molecule has 0 amide bonds. The first-order valence-corrected chi connectivity index (χ1v) is 12.0. The molecule has 0 atom stereocenters. The van der Waals surface area contributed by atoms with E-state index < -0.39 is 0 Å². The molecule has 3 aromatic heterocycles. The largest absolute Gasteiger partial charge is 0.455 e. The number of fused-ring (bicyclic) bond motifs is 14. The van der Waals surface area contributed by atoms with Gasteiger partial charge in [-0.1, -0.05) is 54.6 Å². The van der Waals surface area contributed by atoms with Crippen LogP contribution in [0.3, 0.4) is 0 Å². The SMILES string of the molecule is c1ccc2c(c1)oc1c3ccc4sc5ccccc5c4c3c3c4ccccc4sc3c21.